The van der Waals surface area contributed by atoms with Gasteiger partial charge in [-0.05, 0) is 34.0 Å². The zero-order valence-electron chi connectivity index (χ0n) is 13.2. The number of carbonyl (C=O) groups is 1. The van der Waals surface area contributed by atoms with E-state index in [4.69, 9.17) is 0 Å². The molecule has 0 saturated heterocycles. The van der Waals surface area contributed by atoms with E-state index in [1.807, 2.05) is 12.1 Å². The van der Waals surface area contributed by atoms with Crippen molar-refractivity contribution in [2.45, 2.75) is 46.1 Å². The van der Waals surface area contributed by atoms with Gasteiger partial charge >= 0.3 is 0 Å². The monoisotopic (exact) mass is 381 g/mol. The average Bonchev–Trinajstić information content (AvgIpc) is 2.95. The second kappa shape index (κ2) is 6.87. The maximum absolute atomic E-state index is 12.3. The smallest absolute Gasteiger partial charge is 0.263 e. The molecule has 0 fully saturated rings. The molecule has 0 spiro atoms. The molecule has 0 atom stereocenters. The lowest BCUT2D eigenvalue weighted by atomic mass is 9.98. The number of amides is 1. The van der Waals surface area contributed by atoms with Gasteiger partial charge in [-0.3, -0.25) is 4.79 Å². The highest BCUT2D eigenvalue weighted by atomic mass is 79.9. The van der Waals surface area contributed by atoms with E-state index in [0.717, 1.165) is 27.3 Å². The molecule has 2 rings (SSSR count). The first kappa shape index (κ1) is 17.1. The fraction of sp³-hybridized carbons (Fsp3) is 0.438. The van der Waals surface area contributed by atoms with Crippen LogP contribution in [0.4, 0.5) is 0 Å². The van der Waals surface area contributed by atoms with Crippen LogP contribution >= 0.6 is 27.3 Å². The standard InChI is InChI=1S/C16H20BrN3OS/c1-5-11-10(6-7-13(17)20-11)8-18-14(21)12-9-19-15(22-12)16(2,3)4/h6-7,9H,5,8H2,1-4H3,(H,18,21). The van der Waals surface area contributed by atoms with Crippen LogP contribution in [0.2, 0.25) is 0 Å². The Morgan fingerprint density at radius 2 is 2.09 bits per heavy atom. The van der Waals surface area contributed by atoms with Gasteiger partial charge in [-0.1, -0.05) is 33.8 Å². The lowest BCUT2D eigenvalue weighted by Crippen LogP contribution is -2.22. The minimum atomic E-state index is -0.0852. The molecular weight excluding hydrogens is 362 g/mol. The van der Waals surface area contributed by atoms with Crippen LogP contribution in [0.5, 0.6) is 0 Å². The molecule has 4 nitrogen and oxygen atoms in total. The van der Waals surface area contributed by atoms with Crippen molar-refractivity contribution in [2.75, 3.05) is 0 Å². The second-order valence-electron chi connectivity index (χ2n) is 6.06. The number of nitrogens with one attached hydrogen (secondary N) is 1. The maximum Gasteiger partial charge on any atom is 0.263 e. The third-order valence-corrected chi connectivity index (χ3v) is 5.04. The summed E-state index contributed by atoms with van der Waals surface area (Å²) in [6, 6.07) is 3.88. The van der Waals surface area contributed by atoms with E-state index in [-0.39, 0.29) is 11.3 Å². The van der Waals surface area contributed by atoms with Crippen LogP contribution < -0.4 is 5.32 Å². The van der Waals surface area contributed by atoms with E-state index in [1.165, 1.54) is 11.3 Å². The van der Waals surface area contributed by atoms with E-state index < -0.39 is 0 Å². The number of rotatable bonds is 4. The van der Waals surface area contributed by atoms with Crippen molar-refractivity contribution in [3.05, 3.63) is 44.1 Å². The SMILES string of the molecule is CCc1nc(Br)ccc1CNC(=O)c1cnc(C(C)(C)C)s1. The van der Waals surface area contributed by atoms with Crippen molar-refractivity contribution in [3.63, 3.8) is 0 Å². The Morgan fingerprint density at radius 3 is 2.68 bits per heavy atom. The molecule has 0 saturated carbocycles. The summed E-state index contributed by atoms with van der Waals surface area (Å²) in [5.41, 5.74) is 2.00. The van der Waals surface area contributed by atoms with Crippen LogP contribution in [0.25, 0.3) is 0 Å². The Kier molecular flexibility index (Phi) is 5.34. The van der Waals surface area contributed by atoms with Crippen LogP contribution in [-0.2, 0) is 18.4 Å². The number of aromatic nitrogens is 2. The number of carbonyl (C=O) groups excluding carboxylic acids is 1. The van der Waals surface area contributed by atoms with Gasteiger partial charge in [0.15, 0.2) is 0 Å². The van der Waals surface area contributed by atoms with Crippen molar-refractivity contribution < 1.29 is 4.79 Å². The summed E-state index contributed by atoms with van der Waals surface area (Å²) in [6.07, 6.45) is 2.49. The summed E-state index contributed by atoms with van der Waals surface area (Å²) < 4.78 is 0.816. The molecular formula is C16H20BrN3OS. The molecule has 2 heterocycles. The van der Waals surface area contributed by atoms with Gasteiger partial charge in [0.1, 0.15) is 9.48 Å². The lowest BCUT2D eigenvalue weighted by molar-refractivity contribution is 0.0954. The van der Waals surface area contributed by atoms with Gasteiger partial charge < -0.3 is 5.32 Å². The van der Waals surface area contributed by atoms with Gasteiger partial charge in [-0.25, -0.2) is 9.97 Å². The van der Waals surface area contributed by atoms with Crippen LogP contribution in [0, 0.1) is 0 Å². The van der Waals surface area contributed by atoms with Crippen molar-refractivity contribution in [3.8, 4) is 0 Å². The molecule has 0 aromatic carbocycles. The summed E-state index contributed by atoms with van der Waals surface area (Å²) in [6.45, 7) is 8.81. The summed E-state index contributed by atoms with van der Waals surface area (Å²) in [7, 11) is 0. The zero-order valence-corrected chi connectivity index (χ0v) is 15.6. The molecule has 6 heteroatoms. The number of aryl methyl sites for hydroxylation is 1. The van der Waals surface area contributed by atoms with E-state index in [1.54, 1.807) is 6.20 Å². The summed E-state index contributed by atoms with van der Waals surface area (Å²) >= 11 is 4.82. The first-order valence-electron chi connectivity index (χ1n) is 7.20. The third-order valence-electron chi connectivity index (χ3n) is 3.18. The number of hydrogen-bond acceptors (Lipinski definition) is 4. The van der Waals surface area contributed by atoms with E-state index in [0.29, 0.717) is 11.4 Å². The predicted molar refractivity (Wildman–Crippen MR) is 93.3 cm³/mol. The van der Waals surface area contributed by atoms with Gasteiger partial charge in [0.05, 0.1) is 11.2 Å². The van der Waals surface area contributed by atoms with Gasteiger partial charge in [0, 0.05) is 17.7 Å². The fourth-order valence-corrected chi connectivity index (χ4v) is 3.20. The Balaban J connectivity index is 2.06. The Bertz CT molecular complexity index is 676. The highest BCUT2D eigenvalue weighted by Crippen LogP contribution is 2.26. The molecule has 0 bridgehead atoms. The molecule has 0 aliphatic carbocycles. The van der Waals surface area contributed by atoms with E-state index >= 15 is 0 Å². The first-order valence-corrected chi connectivity index (χ1v) is 8.81. The zero-order chi connectivity index (χ0) is 16.3. The van der Waals surface area contributed by atoms with Crippen LogP contribution in [-0.4, -0.2) is 15.9 Å². The highest BCUT2D eigenvalue weighted by molar-refractivity contribution is 9.10. The summed E-state index contributed by atoms with van der Waals surface area (Å²) in [4.78, 5) is 21.7. The van der Waals surface area contributed by atoms with E-state index in [2.05, 4.69) is 58.9 Å². The van der Waals surface area contributed by atoms with Crippen LogP contribution in [0.3, 0.4) is 0 Å². The molecule has 0 aliphatic heterocycles. The minimum absolute atomic E-state index is 0.0335. The maximum atomic E-state index is 12.3. The molecule has 0 radical (unpaired) electrons. The fourth-order valence-electron chi connectivity index (χ4n) is 1.96. The molecule has 1 N–H and O–H groups in total. The molecule has 2 aromatic heterocycles. The first-order chi connectivity index (χ1) is 10.3. The molecule has 0 aliphatic rings. The quantitative estimate of drug-likeness (QED) is 0.811. The van der Waals surface area contributed by atoms with Crippen molar-refractivity contribution >= 4 is 33.2 Å². The summed E-state index contributed by atoms with van der Waals surface area (Å²) in [5.74, 6) is -0.0852. The largest absolute Gasteiger partial charge is 0.347 e. The molecule has 1 amide bonds. The van der Waals surface area contributed by atoms with Crippen molar-refractivity contribution in [1.29, 1.82) is 0 Å². The highest BCUT2D eigenvalue weighted by Gasteiger charge is 2.20. The lowest BCUT2D eigenvalue weighted by Gasteiger charge is -2.13. The van der Waals surface area contributed by atoms with Gasteiger partial charge in [0.2, 0.25) is 0 Å². The topological polar surface area (TPSA) is 54.9 Å². The summed E-state index contributed by atoms with van der Waals surface area (Å²) in [5, 5.41) is 3.92. The average molecular weight is 382 g/mol. The Morgan fingerprint density at radius 1 is 1.36 bits per heavy atom. The number of hydrogen-bond donors (Lipinski definition) is 1. The predicted octanol–water partition coefficient (Wildman–Crippen LogP) is 4.09. The van der Waals surface area contributed by atoms with Gasteiger partial charge in [0.25, 0.3) is 5.91 Å². The minimum Gasteiger partial charge on any atom is -0.347 e. The van der Waals surface area contributed by atoms with Crippen LogP contribution in [0.15, 0.2) is 22.9 Å². The Hall–Kier alpha value is -1.27. The van der Waals surface area contributed by atoms with Gasteiger partial charge in [-0.2, -0.15) is 0 Å². The van der Waals surface area contributed by atoms with E-state index in [9.17, 15) is 4.79 Å². The second-order valence-corrected chi connectivity index (χ2v) is 7.90. The number of nitrogens with zero attached hydrogens (tertiary/aromatic N) is 2. The number of pyridine rings is 1. The Labute approximate surface area is 143 Å². The number of halogens is 1. The van der Waals surface area contributed by atoms with Crippen molar-refractivity contribution in [1.82, 2.24) is 15.3 Å². The molecule has 22 heavy (non-hydrogen) atoms. The van der Waals surface area contributed by atoms with Crippen LogP contribution in [0.1, 0.15) is 53.6 Å². The van der Waals surface area contributed by atoms with Crippen molar-refractivity contribution in [2.24, 2.45) is 0 Å². The molecule has 118 valence electrons. The molecule has 2 aromatic rings. The normalized spacial score (nSPS) is 11.5. The molecule has 0 unspecified atom stereocenters. The third kappa shape index (κ3) is 4.14. The number of thiazole rings is 1. The van der Waals surface area contributed by atoms with Gasteiger partial charge in [-0.15, -0.1) is 11.3 Å².